The van der Waals surface area contributed by atoms with Crippen molar-refractivity contribution in [2.24, 2.45) is 0 Å². The van der Waals surface area contributed by atoms with Crippen LogP contribution >= 0.6 is 0 Å². The predicted octanol–water partition coefficient (Wildman–Crippen LogP) is 4.94. The molecule has 1 saturated carbocycles. The van der Waals surface area contributed by atoms with E-state index in [2.05, 4.69) is 0 Å². The van der Waals surface area contributed by atoms with Crippen LogP contribution in [-0.4, -0.2) is 21.8 Å². The molecule has 5 rings (SSSR count). The Morgan fingerprint density at radius 3 is 2.75 bits per heavy atom. The van der Waals surface area contributed by atoms with Gasteiger partial charge in [0, 0.05) is 28.8 Å². The van der Waals surface area contributed by atoms with Crippen molar-refractivity contribution in [1.82, 2.24) is 9.55 Å². The van der Waals surface area contributed by atoms with Crippen LogP contribution in [0.5, 0.6) is 11.6 Å². The number of hydrogen-bond donors (Lipinski definition) is 2. The van der Waals surface area contributed by atoms with Gasteiger partial charge in [-0.1, -0.05) is 11.6 Å². The van der Waals surface area contributed by atoms with E-state index >= 15 is 4.39 Å². The molecule has 0 saturated heterocycles. The predicted molar refractivity (Wildman–Crippen MR) is 108 cm³/mol. The maximum atomic E-state index is 15.0. The molecule has 0 unspecified atom stereocenters. The average Bonchev–Trinajstić information content (AvgIpc) is 3.45. The zero-order chi connectivity index (χ0) is 19.6. The van der Waals surface area contributed by atoms with Crippen LogP contribution in [-0.2, 0) is 0 Å². The zero-order valence-corrected chi connectivity index (χ0v) is 15.7. The number of aromatic nitrogens is 2. The number of nitrogens with two attached hydrogens (primary N) is 1. The molecule has 0 atom stereocenters. The molecule has 3 N–H and O–H groups in total. The minimum absolute atomic E-state index is 0.128. The van der Waals surface area contributed by atoms with E-state index in [-0.39, 0.29) is 11.9 Å². The number of rotatable bonds is 3. The number of fused-ring (bicyclic) bond motifs is 2. The first kappa shape index (κ1) is 16.9. The molecule has 4 aromatic rings. The zero-order valence-electron chi connectivity index (χ0n) is 15.7. The Morgan fingerprint density at radius 1 is 1.25 bits per heavy atom. The highest BCUT2D eigenvalue weighted by molar-refractivity contribution is 6.12. The summed E-state index contributed by atoms with van der Waals surface area (Å²) in [6, 6.07) is 8.90. The van der Waals surface area contributed by atoms with Crippen molar-refractivity contribution in [3.63, 3.8) is 0 Å². The number of methoxy groups -OCH3 is 1. The third kappa shape index (κ3) is 2.34. The Kier molecular flexibility index (Phi) is 3.53. The highest BCUT2D eigenvalue weighted by Crippen LogP contribution is 2.45. The third-order valence-electron chi connectivity index (χ3n) is 5.47. The molecule has 0 bridgehead atoms. The summed E-state index contributed by atoms with van der Waals surface area (Å²) in [6.45, 7) is 1.94. The van der Waals surface area contributed by atoms with Gasteiger partial charge in [-0.25, -0.2) is 9.37 Å². The number of aryl methyl sites for hydroxylation is 1. The molecule has 0 aliphatic heterocycles. The van der Waals surface area contributed by atoms with Crippen LogP contribution in [0.15, 0.2) is 36.5 Å². The maximum absolute atomic E-state index is 15.0. The lowest BCUT2D eigenvalue weighted by Gasteiger charge is -2.14. The third-order valence-corrected chi connectivity index (χ3v) is 5.47. The van der Waals surface area contributed by atoms with Crippen molar-refractivity contribution in [2.75, 3.05) is 12.8 Å². The van der Waals surface area contributed by atoms with Gasteiger partial charge in [0.2, 0.25) is 5.88 Å². The fraction of sp³-hybridized carbons (Fsp3) is 0.227. The summed E-state index contributed by atoms with van der Waals surface area (Å²) in [5.74, 6) is 0.299. The van der Waals surface area contributed by atoms with E-state index < -0.39 is 5.82 Å². The van der Waals surface area contributed by atoms with E-state index in [1.807, 2.05) is 29.7 Å². The Bertz CT molecular complexity index is 1260. The highest BCUT2D eigenvalue weighted by atomic mass is 19.1. The number of aromatic hydroxyl groups is 1. The van der Waals surface area contributed by atoms with Crippen molar-refractivity contribution >= 4 is 27.5 Å². The Labute approximate surface area is 161 Å². The molecule has 28 heavy (non-hydrogen) atoms. The summed E-state index contributed by atoms with van der Waals surface area (Å²) in [4.78, 5) is 4.72. The number of ether oxygens (including phenoxy) is 1. The number of benzene rings is 2. The fourth-order valence-electron chi connectivity index (χ4n) is 3.90. The van der Waals surface area contributed by atoms with Gasteiger partial charge in [0.25, 0.3) is 0 Å². The monoisotopic (exact) mass is 377 g/mol. The minimum Gasteiger partial charge on any atom is -0.496 e. The lowest BCUT2D eigenvalue weighted by Crippen LogP contribution is -1.97. The maximum Gasteiger partial charge on any atom is 0.203 e. The largest absolute Gasteiger partial charge is 0.496 e. The molecule has 0 amide bonds. The van der Waals surface area contributed by atoms with Crippen LogP contribution in [0.4, 0.5) is 10.1 Å². The van der Waals surface area contributed by atoms with Gasteiger partial charge in [0.15, 0.2) is 0 Å². The standard InChI is InChI=1S/C22H20FN3O2/c1-11-3-8-17(28-2)14(9-11)18-15(23)7-6-13-20(24)19-16(25-21(13)18)10-26(22(19)27)12-4-5-12/h3,6-10,12,27H,4-5,24H2,1-2H3. The molecular formula is C22H20FN3O2. The van der Waals surface area contributed by atoms with Crippen molar-refractivity contribution in [3.05, 3.63) is 47.9 Å². The molecular weight excluding hydrogens is 357 g/mol. The second-order valence-electron chi connectivity index (χ2n) is 7.40. The first-order valence-corrected chi connectivity index (χ1v) is 9.25. The normalized spacial score (nSPS) is 14.1. The molecule has 1 aliphatic carbocycles. The summed E-state index contributed by atoms with van der Waals surface area (Å²) in [5.41, 5.74) is 9.81. The second kappa shape index (κ2) is 5.86. The van der Waals surface area contributed by atoms with Crippen molar-refractivity contribution < 1.29 is 14.2 Å². The molecule has 0 radical (unpaired) electrons. The van der Waals surface area contributed by atoms with Gasteiger partial charge in [-0.05, 0) is 44.0 Å². The first-order chi connectivity index (χ1) is 13.5. The number of pyridine rings is 1. The van der Waals surface area contributed by atoms with Crippen LogP contribution in [0.25, 0.3) is 32.9 Å². The van der Waals surface area contributed by atoms with E-state index in [0.717, 1.165) is 18.4 Å². The van der Waals surface area contributed by atoms with Crippen molar-refractivity contribution in [2.45, 2.75) is 25.8 Å². The Hall–Kier alpha value is -3.28. The second-order valence-corrected chi connectivity index (χ2v) is 7.40. The Morgan fingerprint density at radius 2 is 2.04 bits per heavy atom. The van der Waals surface area contributed by atoms with Crippen LogP contribution in [0.2, 0.25) is 0 Å². The lowest BCUT2D eigenvalue weighted by molar-refractivity contribution is 0.416. The molecule has 2 heterocycles. The summed E-state index contributed by atoms with van der Waals surface area (Å²) < 4.78 is 22.3. The number of anilines is 1. The first-order valence-electron chi connectivity index (χ1n) is 9.25. The van der Waals surface area contributed by atoms with Crippen LogP contribution < -0.4 is 10.5 Å². The van der Waals surface area contributed by atoms with E-state index in [9.17, 15) is 5.11 Å². The van der Waals surface area contributed by atoms with Gasteiger partial charge >= 0.3 is 0 Å². The quantitative estimate of drug-likeness (QED) is 0.531. The number of halogens is 1. The van der Waals surface area contributed by atoms with Gasteiger partial charge in [-0.2, -0.15) is 0 Å². The molecule has 1 fully saturated rings. The number of nitrogen functional groups attached to an aromatic ring is 1. The van der Waals surface area contributed by atoms with E-state index in [4.69, 9.17) is 15.5 Å². The number of nitrogens with zero attached hydrogens (tertiary/aromatic N) is 2. The molecule has 142 valence electrons. The van der Waals surface area contributed by atoms with E-state index in [1.54, 1.807) is 19.4 Å². The van der Waals surface area contributed by atoms with Crippen molar-refractivity contribution in [3.8, 4) is 22.8 Å². The van der Waals surface area contributed by atoms with Gasteiger partial charge in [0.1, 0.15) is 11.6 Å². The minimum atomic E-state index is -0.395. The summed E-state index contributed by atoms with van der Waals surface area (Å²) in [5, 5.41) is 11.8. The summed E-state index contributed by atoms with van der Waals surface area (Å²) in [7, 11) is 1.56. The van der Waals surface area contributed by atoms with Gasteiger partial charge in [-0.3, -0.25) is 0 Å². The van der Waals surface area contributed by atoms with Crippen molar-refractivity contribution in [1.29, 1.82) is 0 Å². The number of hydrogen-bond acceptors (Lipinski definition) is 4. The fourth-order valence-corrected chi connectivity index (χ4v) is 3.90. The van der Waals surface area contributed by atoms with Gasteiger partial charge in [-0.15, -0.1) is 0 Å². The molecule has 6 heteroatoms. The van der Waals surface area contributed by atoms with E-state index in [1.165, 1.54) is 6.07 Å². The summed E-state index contributed by atoms with van der Waals surface area (Å²) >= 11 is 0. The Balaban J connectivity index is 1.89. The van der Waals surface area contributed by atoms with Crippen LogP contribution in [0.1, 0.15) is 24.4 Å². The average molecular weight is 377 g/mol. The molecule has 2 aromatic heterocycles. The smallest absolute Gasteiger partial charge is 0.203 e. The SMILES string of the molecule is COc1ccc(C)cc1-c1c(F)ccc2c(N)c3c(O)n(C4CC4)cc3nc12. The van der Waals surface area contributed by atoms with E-state index in [0.29, 0.717) is 44.4 Å². The summed E-state index contributed by atoms with van der Waals surface area (Å²) in [6.07, 6.45) is 3.85. The molecule has 5 nitrogen and oxygen atoms in total. The van der Waals surface area contributed by atoms with Gasteiger partial charge < -0.3 is 20.1 Å². The van der Waals surface area contributed by atoms with Gasteiger partial charge in [0.05, 0.1) is 29.2 Å². The van der Waals surface area contributed by atoms with Crippen LogP contribution in [0.3, 0.4) is 0 Å². The highest BCUT2D eigenvalue weighted by Gasteiger charge is 2.28. The molecule has 0 spiro atoms. The molecule has 2 aromatic carbocycles. The van der Waals surface area contributed by atoms with Crippen LogP contribution in [0, 0.1) is 12.7 Å². The lowest BCUT2D eigenvalue weighted by atomic mass is 9.97. The topological polar surface area (TPSA) is 73.3 Å². The molecule has 1 aliphatic rings.